The highest BCUT2D eigenvalue weighted by Gasteiger charge is 2.15. The highest BCUT2D eigenvalue weighted by Crippen LogP contribution is 2.27. The number of anilines is 1. The Bertz CT molecular complexity index is 917. The number of ether oxygens (including phenoxy) is 3. The Labute approximate surface area is 209 Å². The van der Waals surface area contributed by atoms with E-state index in [1.165, 1.54) is 32.1 Å². The van der Waals surface area contributed by atoms with E-state index in [1.807, 2.05) is 30.3 Å². The topological polar surface area (TPSA) is 68.8 Å². The molecule has 0 atom stereocenters. The van der Waals surface area contributed by atoms with Crippen molar-refractivity contribution in [2.24, 2.45) is 5.92 Å². The summed E-state index contributed by atoms with van der Waals surface area (Å²) in [5.74, 6) is 1.74. The number of halogens is 1. The lowest BCUT2D eigenvalue weighted by molar-refractivity contribution is 0.0969. The number of methoxy groups -OCH3 is 1. The minimum absolute atomic E-state index is 0.203. The molecule has 1 aliphatic rings. The fourth-order valence-corrected chi connectivity index (χ4v) is 4.40. The summed E-state index contributed by atoms with van der Waals surface area (Å²) in [5.41, 5.74) is 1.15. The van der Waals surface area contributed by atoms with Gasteiger partial charge in [-0.1, -0.05) is 48.0 Å². The summed E-state index contributed by atoms with van der Waals surface area (Å²) in [4.78, 5) is 12.8. The number of thiocarbonyl (C=S) groups is 1. The van der Waals surface area contributed by atoms with Gasteiger partial charge in [-0.3, -0.25) is 10.1 Å². The predicted octanol–water partition coefficient (Wildman–Crippen LogP) is 5.95. The van der Waals surface area contributed by atoms with E-state index >= 15 is 0 Å². The first-order valence-corrected chi connectivity index (χ1v) is 12.5. The van der Waals surface area contributed by atoms with Gasteiger partial charge in [0.2, 0.25) is 0 Å². The molecule has 2 aromatic carbocycles. The van der Waals surface area contributed by atoms with E-state index < -0.39 is 0 Å². The Kier molecular flexibility index (Phi) is 10.4. The van der Waals surface area contributed by atoms with Crippen molar-refractivity contribution in [1.82, 2.24) is 5.32 Å². The molecule has 33 heavy (non-hydrogen) atoms. The largest absolute Gasteiger partial charge is 0.494 e. The van der Waals surface area contributed by atoms with E-state index in [0.29, 0.717) is 24.5 Å². The maximum Gasteiger partial charge on any atom is 0.261 e. The Morgan fingerprint density at radius 1 is 1.03 bits per heavy atom. The molecule has 0 radical (unpaired) electrons. The van der Waals surface area contributed by atoms with E-state index in [9.17, 15) is 4.79 Å². The van der Waals surface area contributed by atoms with Crippen molar-refractivity contribution in [1.29, 1.82) is 0 Å². The molecule has 178 valence electrons. The lowest BCUT2D eigenvalue weighted by Crippen LogP contribution is -2.34. The first kappa shape index (κ1) is 25.5. The van der Waals surface area contributed by atoms with Crippen LogP contribution in [0.2, 0.25) is 0 Å². The van der Waals surface area contributed by atoms with Crippen LogP contribution in [-0.2, 0) is 4.74 Å². The molecule has 0 saturated heterocycles. The summed E-state index contributed by atoms with van der Waals surface area (Å²) in [6.45, 7) is 1.51. The smallest absolute Gasteiger partial charge is 0.261 e. The summed E-state index contributed by atoms with van der Waals surface area (Å²) < 4.78 is 17.3. The molecule has 8 heteroatoms. The second-order valence-electron chi connectivity index (χ2n) is 8.06. The third kappa shape index (κ3) is 8.61. The number of carbonyl (C=O) groups excluding carboxylic acids is 1. The lowest BCUT2D eigenvalue weighted by atomic mass is 9.87. The van der Waals surface area contributed by atoms with E-state index in [-0.39, 0.29) is 11.0 Å². The second-order valence-corrected chi connectivity index (χ2v) is 9.38. The highest BCUT2D eigenvalue weighted by molar-refractivity contribution is 9.10. The molecule has 0 bridgehead atoms. The van der Waals surface area contributed by atoms with Gasteiger partial charge in [-0.25, -0.2) is 0 Å². The minimum atomic E-state index is -0.358. The first-order valence-electron chi connectivity index (χ1n) is 11.3. The zero-order valence-electron chi connectivity index (χ0n) is 18.9. The minimum Gasteiger partial charge on any atom is -0.494 e. The third-order valence-corrected chi connectivity index (χ3v) is 6.29. The Morgan fingerprint density at radius 2 is 1.79 bits per heavy atom. The van der Waals surface area contributed by atoms with Gasteiger partial charge in [-0.15, -0.1) is 0 Å². The fourth-order valence-electron chi connectivity index (χ4n) is 3.83. The van der Waals surface area contributed by atoms with Gasteiger partial charge in [0.1, 0.15) is 18.1 Å². The quantitative estimate of drug-likeness (QED) is 0.290. The van der Waals surface area contributed by atoms with Crippen LogP contribution in [0.25, 0.3) is 0 Å². The maximum absolute atomic E-state index is 12.8. The number of benzene rings is 2. The van der Waals surface area contributed by atoms with Crippen LogP contribution in [0.3, 0.4) is 0 Å². The van der Waals surface area contributed by atoms with Gasteiger partial charge >= 0.3 is 0 Å². The van der Waals surface area contributed by atoms with Crippen LogP contribution in [0.5, 0.6) is 11.5 Å². The third-order valence-electron chi connectivity index (χ3n) is 5.59. The summed E-state index contributed by atoms with van der Waals surface area (Å²) in [7, 11) is 1.60. The molecule has 0 heterocycles. The molecule has 2 N–H and O–H groups in total. The molecule has 1 fully saturated rings. The summed E-state index contributed by atoms with van der Waals surface area (Å²) in [5, 5.41) is 5.94. The van der Waals surface area contributed by atoms with Crippen molar-refractivity contribution in [3.63, 3.8) is 0 Å². The SMILES string of the molecule is COCCOc1ccc(Br)cc1C(=O)NC(=S)Nc1ccc(OCCC2CCCCC2)cc1. The van der Waals surface area contributed by atoms with Crippen LogP contribution in [0.4, 0.5) is 5.69 Å². The average Bonchev–Trinajstić information content (AvgIpc) is 2.82. The van der Waals surface area contributed by atoms with Crippen molar-refractivity contribution in [2.45, 2.75) is 38.5 Å². The predicted molar refractivity (Wildman–Crippen MR) is 138 cm³/mol. The summed E-state index contributed by atoms with van der Waals surface area (Å²) >= 11 is 8.72. The molecule has 3 rings (SSSR count). The van der Waals surface area contributed by atoms with E-state index in [4.69, 9.17) is 26.4 Å². The van der Waals surface area contributed by atoms with Gasteiger partial charge in [-0.05, 0) is 67.0 Å². The summed E-state index contributed by atoms with van der Waals surface area (Å²) in [6.07, 6.45) is 7.85. The number of nitrogens with one attached hydrogen (secondary N) is 2. The Balaban J connectivity index is 1.48. The van der Waals surface area contributed by atoms with Gasteiger partial charge in [0.05, 0.1) is 18.8 Å². The number of amides is 1. The molecule has 1 aliphatic carbocycles. The highest BCUT2D eigenvalue weighted by atomic mass is 79.9. The zero-order chi connectivity index (χ0) is 23.5. The molecular weight excluding hydrogens is 504 g/mol. The van der Waals surface area contributed by atoms with Crippen molar-refractivity contribution in [2.75, 3.05) is 32.2 Å². The molecular formula is C25H31BrN2O4S. The van der Waals surface area contributed by atoms with Gasteiger partial charge in [-0.2, -0.15) is 0 Å². The monoisotopic (exact) mass is 534 g/mol. The van der Waals surface area contributed by atoms with E-state index in [0.717, 1.165) is 34.9 Å². The standard InChI is InChI=1S/C25H31BrN2O4S/c1-30-15-16-32-23-12-7-19(26)17-22(23)24(29)28-25(33)27-20-8-10-21(11-9-20)31-14-13-18-5-3-2-4-6-18/h7-12,17-18H,2-6,13-16H2,1H3,(H2,27,28,29,33). The first-order chi connectivity index (χ1) is 16.0. The molecule has 0 unspecified atom stereocenters. The van der Waals surface area contributed by atoms with Gasteiger partial charge in [0.15, 0.2) is 5.11 Å². The molecule has 2 aromatic rings. The van der Waals surface area contributed by atoms with Crippen LogP contribution >= 0.6 is 28.1 Å². The van der Waals surface area contributed by atoms with Crippen molar-refractivity contribution >= 4 is 44.9 Å². The maximum atomic E-state index is 12.8. The summed E-state index contributed by atoms with van der Waals surface area (Å²) in [6, 6.07) is 12.8. The average molecular weight is 536 g/mol. The lowest BCUT2D eigenvalue weighted by Gasteiger charge is -2.21. The van der Waals surface area contributed by atoms with Crippen LogP contribution in [0.15, 0.2) is 46.9 Å². The molecule has 6 nitrogen and oxygen atoms in total. The number of rotatable bonds is 10. The van der Waals surface area contributed by atoms with E-state index in [1.54, 1.807) is 19.2 Å². The van der Waals surface area contributed by atoms with Crippen LogP contribution in [-0.4, -0.2) is 38.0 Å². The van der Waals surface area contributed by atoms with Crippen molar-refractivity contribution < 1.29 is 19.0 Å². The molecule has 1 amide bonds. The Morgan fingerprint density at radius 3 is 2.52 bits per heavy atom. The molecule has 0 spiro atoms. The van der Waals surface area contributed by atoms with Gasteiger partial charge < -0.3 is 19.5 Å². The number of carbonyl (C=O) groups is 1. The van der Waals surface area contributed by atoms with Crippen LogP contribution in [0.1, 0.15) is 48.9 Å². The zero-order valence-corrected chi connectivity index (χ0v) is 21.3. The fraction of sp³-hybridized carbons (Fsp3) is 0.440. The Hall–Kier alpha value is -2.16. The van der Waals surface area contributed by atoms with Crippen LogP contribution in [0, 0.1) is 5.92 Å². The van der Waals surface area contributed by atoms with Gasteiger partial charge in [0, 0.05) is 17.3 Å². The molecule has 1 saturated carbocycles. The molecule has 0 aromatic heterocycles. The number of hydrogen-bond donors (Lipinski definition) is 2. The van der Waals surface area contributed by atoms with Gasteiger partial charge in [0.25, 0.3) is 5.91 Å². The second kappa shape index (κ2) is 13.5. The number of hydrogen-bond acceptors (Lipinski definition) is 5. The van der Waals surface area contributed by atoms with Crippen molar-refractivity contribution in [3.8, 4) is 11.5 Å². The van der Waals surface area contributed by atoms with Crippen LogP contribution < -0.4 is 20.1 Å². The van der Waals surface area contributed by atoms with E-state index in [2.05, 4.69) is 26.6 Å². The normalized spacial score (nSPS) is 13.9. The molecule has 0 aliphatic heterocycles. The van der Waals surface area contributed by atoms with Crippen molar-refractivity contribution in [3.05, 3.63) is 52.5 Å².